The second-order valence-electron chi connectivity index (χ2n) is 4.18. The molecule has 1 fully saturated rings. The van der Waals surface area contributed by atoms with Gasteiger partial charge in [-0.1, -0.05) is 18.2 Å². The number of rotatable bonds is 2. The molecule has 1 saturated heterocycles. The molecular weight excluding hydrogens is 210 g/mol. The van der Waals surface area contributed by atoms with Gasteiger partial charge in [-0.3, -0.25) is 0 Å². The Morgan fingerprint density at radius 1 is 1.19 bits per heavy atom. The van der Waals surface area contributed by atoms with Crippen LogP contribution in [0.4, 0.5) is 14.5 Å². The topological polar surface area (TPSA) is 29.3 Å². The summed E-state index contributed by atoms with van der Waals surface area (Å²) in [4.78, 5) is 2.00. The van der Waals surface area contributed by atoms with Crippen molar-refractivity contribution in [3.63, 3.8) is 0 Å². The number of alkyl halides is 2. The summed E-state index contributed by atoms with van der Waals surface area (Å²) in [7, 11) is 0. The number of benzene rings is 1. The summed E-state index contributed by atoms with van der Waals surface area (Å²) in [5, 5.41) is 0. The maximum atomic E-state index is 13.0. The molecule has 16 heavy (non-hydrogen) atoms. The minimum absolute atomic E-state index is 0.0636. The molecule has 0 saturated carbocycles. The summed E-state index contributed by atoms with van der Waals surface area (Å²) in [6.07, 6.45) is -0.127. The van der Waals surface area contributed by atoms with E-state index in [9.17, 15) is 8.78 Å². The number of nitrogens with zero attached hydrogens (tertiary/aromatic N) is 1. The third-order valence-corrected chi connectivity index (χ3v) is 3.05. The van der Waals surface area contributed by atoms with Gasteiger partial charge in [0.2, 0.25) is 0 Å². The fraction of sp³-hybridized carbons (Fsp3) is 0.500. The van der Waals surface area contributed by atoms with Gasteiger partial charge in [0.25, 0.3) is 5.92 Å². The molecule has 2 N–H and O–H groups in total. The highest BCUT2D eigenvalue weighted by molar-refractivity contribution is 5.53. The number of nitrogens with two attached hydrogens (primary N) is 1. The Hall–Kier alpha value is -1.16. The second-order valence-corrected chi connectivity index (χ2v) is 4.18. The molecule has 0 aliphatic carbocycles. The van der Waals surface area contributed by atoms with Crippen molar-refractivity contribution in [2.75, 3.05) is 18.0 Å². The molecule has 4 heteroatoms. The Morgan fingerprint density at radius 3 is 2.44 bits per heavy atom. The van der Waals surface area contributed by atoms with Crippen molar-refractivity contribution in [3.8, 4) is 0 Å². The maximum Gasteiger partial charge on any atom is 0.251 e. The number of anilines is 1. The molecule has 2 rings (SSSR count). The van der Waals surface area contributed by atoms with Gasteiger partial charge in [-0.15, -0.1) is 0 Å². The van der Waals surface area contributed by atoms with Crippen molar-refractivity contribution in [1.82, 2.24) is 0 Å². The molecule has 0 aromatic heterocycles. The highest BCUT2D eigenvalue weighted by Crippen LogP contribution is 2.31. The van der Waals surface area contributed by atoms with Gasteiger partial charge < -0.3 is 10.6 Å². The average Bonchev–Trinajstić information content (AvgIpc) is 2.29. The van der Waals surface area contributed by atoms with Crippen LogP contribution in [0.2, 0.25) is 0 Å². The number of piperidine rings is 1. The maximum absolute atomic E-state index is 13.0. The molecule has 0 spiro atoms. The lowest BCUT2D eigenvalue weighted by Crippen LogP contribution is -2.39. The molecule has 0 unspecified atom stereocenters. The van der Waals surface area contributed by atoms with Crippen molar-refractivity contribution in [2.24, 2.45) is 5.73 Å². The summed E-state index contributed by atoms with van der Waals surface area (Å²) in [5.41, 5.74) is 7.66. The van der Waals surface area contributed by atoms with E-state index in [1.807, 2.05) is 29.2 Å². The fourth-order valence-electron chi connectivity index (χ4n) is 2.07. The van der Waals surface area contributed by atoms with Crippen LogP contribution in [0.3, 0.4) is 0 Å². The summed E-state index contributed by atoms with van der Waals surface area (Å²) < 4.78 is 26.0. The third kappa shape index (κ3) is 2.32. The van der Waals surface area contributed by atoms with Gasteiger partial charge in [-0.2, -0.15) is 0 Å². The summed E-state index contributed by atoms with van der Waals surface area (Å²) >= 11 is 0. The molecule has 1 aliphatic heterocycles. The van der Waals surface area contributed by atoms with Gasteiger partial charge in [0.05, 0.1) is 0 Å². The Labute approximate surface area is 94.0 Å². The molecule has 88 valence electrons. The van der Waals surface area contributed by atoms with Crippen LogP contribution in [0.15, 0.2) is 24.3 Å². The molecule has 0 atom stereocenters. The summed E-state index contributed by atoms with van der Waals surface area (Å²) in [5.74, 6) is -2.49. The van der Waals surface area contributed by atoms with Crippen LogP contribution in [-0.2, 0) is 6.54 Å². The van der Waals surface area contributed by atoms with Gasteiger partial charge in [0.15, 0.2) is 0 Å². The SMILES string of the molecule is NCc1ccccc1N1CCC(F)(F)CC1. The van der Waals surface area contributed by atoms with Crippen molar-refractivity contribution >= 4 is 5.69 Å². The first-order chi connectivity index (χ1) is 7.62. The Kier molecular flexibility index (Phi) is 3.10. The van der Waals surface area contributed by atoms with E-state index in [-0.39, 0.29) is 12.8 Å². The standard InChI is InChI=1S/C12H16F2N2/c13-12(14)5-7-16(8-6-12)11-4-2-1-3-10(11)9-15/h1-4H,5-9,15H2. The van der Waals surface area contributed by atoms with Gasteiger partial charge in [0, 0.05) is 38.2 Å². The second kappa shape index (κ2) is 4.37. The van der Waals surface area contributed by atoms with Gasteiger partial charge in [0.1, 0.15) is 0 Å². The molecule has 1 aliphatic rings. The third-order valence-electron chi connectivity index (χ3n) is 3.05. The van der Waals surface area contributed by atoms with E-state index in [4.69, 9.17) is 5.73 Å². The van der Waals surface area contributed by atoms with Crippen LogP contribution >= 0.6 is 0 Å². The van der Waals surface area contributed by atoms with Gasteiger partial charge >= 0.3 is 0 Å². The molecule has 0 bridgehead atoms. The fourth-order valence-corrected chi connectivity index (χ4v) is 2.07. The van der Waals surface area contributed by atoms with Crippen molar-refractivity contribution in [3.05, 3.63) is 29.8 Å². The van der Waals surface area contributed by atoms with Crippen LogP contribution in [0.25, 0.3) is 0 Å². The largest absolute Gasteiger partial charge is 0.371 e. The molecule has 0 radical (unpaired) electrons. The van der Waals surface area contributed by atoms with Crippen molar-refractivity contribution in [2.45, 2.75) is 25.3 Å². The quantitative estimate of drug-likeness (QED) is 0.839. The number of hydrogen-bond acceptors (Lipinski definition) is 2. The average molecular weight is 226 g/mol. The monoisotopic (exact) mass is 226 g/mol. The highest BCUT2D eigenvalue weighted by atomic mass is 19.3. The highest BCUT2D eigenvalue weighted by Gasteiger charge is 2.34. The lowest BCUT2D eigenvalue weighted by Gasteiger charge is -2.34. The lowest BCUT2D eigenvalue weighted by atomic mass is 10.0. The van der Waals surface area contributed by atoms with Crippen LogP contribution in [0, 0.1) is 0 Å². The molecule has 2 nitrogen and oxygen atoms in total. The minimum Gasteiger partial charge on any atom is -0.371 e. The van der Waals surface area contributed by atoms with Crippen LogP contribution in [-0.4, -0.2) is 19.0 Å². The molecule has 1 aromatic rings. The first-order valence-corrected chi connectivity index (χ1v) is 5.53. The molecule has 0 amide bonds. The van der Waals surface area contributed by atoms with Gasteiger partial charge in [-0.05, 0) is 11.6 Å². The smallest absolute Gasteiger partial charge is 0.251 e. The number of hydrogen-bond donors (Lipinski definition) is 1. The zero-order valence-electron chi connectivity index (χ0n) is 9.13. The van der Waals surface area contributed by atoms with E-state index in [2.05, 4.69) is 0 Å². The van der Waals surface area contributed by atoms with Gasteiger partial charge in [-0.25, -0.2) is 8.78 Å². The Morgan fingerprint density at radius 2 is 1.81 bits per heavy atom. The molecular formula is C12H16F2N2. The van der Waals surface area contributed by atoms with Crippen molar-refractivity contribution < 1.29 is 8.78 Å². The summed E-state index contributed by atoms with van der Waals surface area (Å²) in [6, 6.07) is 7.74. The van der Waals surface area contributed by atoms with Crippen LogP contribution in [0.1, 0.15) is 18.4 Å². The van der Waals surface area contributed by atoms with E-state index < -0.39 is 5.92 Å². The zero-order valence-corrected chi connectivity index (χ0v) is 9.13. The van der Waals surface area contributed by atoms with Crippen LogP contribution in [0.5, 0.6) is 0 Å². The first-order valence-electron chi connectivity index (χ1n) is 5.53. The van der Waals surface area contributed by atoms with Crippen LogP contribution < -0.4 is 10.6 Å². The Balaban J connectivity index is 2.14. The van der Waals surface area contributed by atoms with E-state index in [1.54, 1.807) is 0 Å². The predicted octanol–water partition coefficient (Wildman–Crippen LogP) is 2.38. The van der Waals surface area contributed by atoms with E-state index in [1.165, 1.54) is 0 Å². The molecule has 1 heterocycles. The zero-order chi connectivity index (χ0) is 11.6. The number of halogens is 2. The number of para-hydroxylation sites is 1. The molecule has 1 aromatic carbocycles. The van der Waals surface area contributed by atoms with E-state index >= 15 is 0 Å². The van der Waals surface area contributed by atoms with E-state index in [0.717, 1.165) is 11.3 Å². The minimum atomic E-state index is -2.49. The lowest BCUT2D eigenvalue weighted by molar-refractivity contribution is -0.0220. The Bertz CT molecular complexity index is 356. The van der Waals surface area contributed by atoms with Crippen molar-refractivity contribution in [1.29, 1.82) is 0 Å². The first kappa shape index (κ1) is 11.3. The normalized spacial score (nSPS) is 19.8. The summed E-state index contributed by atoms with van der Waals surface area (Å²) in [6.45, 7) is 1.26. The predicted molar refractivity (Wildman–Crippen MR) is 60.7 cm³/mol. The van der Waals surface area contributed by atoms with E-state index in [0.29, 0.717) is 19.6 Å².